The van der Waals surface area contributed by atoms with E-state index in [-0.39, 0.29) is 193 Å². The van der Waals surface area contributed by atoms with E-state index >= 15 is 0 Å². The van der Waals surface area contributed by atoms with Crippen LogP contribution >= 0.6 is 0 Å². The maximum atomic E-state index is 13.5. The number of rotatable bonds is 5. The zero-order chi connectivity index (χ0) is 128. The number of piperazine rings is 5. The average Bonchev–Trinajstić information content (AvgIpc) is 1.52. The highest BCUT2D eigenvalue weighted by Gasteiger charge is 2.55. The number of nitrogens with one attached hydrogen (secondary N) is 5. The number of para-hydroxylation sites is 5. The van der Waals surface area contributed by atoms with Gasteiger partial charge in [0, 0.05) is 164 Å². The van der Waals surface area contributed by atoms with Crippen molar-refractivity contribution in [1.29, 1.82) is 0 Å². The summed E-state index contributed by atoms with van der Waals surface area (Å²) >= 11 is 0. The van der Waals surface area contributed by atoms with E-state index in [1.165, 1.54) is 68.1 Å². The van der Waals surface area contributed by atoms with Crippen molar-refractivity contribution in [2.24, 2.45) is 0 Å². The number of nitrogens with zero attached hydrogens (tertiary/aromatic N) is 10. The molecule has 145 heavy (non-hydrogen) atoms. The van der Waals surface area contributed by atoms with Gasteiger partial charge < -0.3 is 121 Å². The molecule has 35 heteroatoms. The van der Waals surface area contributed by atoms with Crippen LogP contribution in [0.5, 0.6) is 57.5 Å². The summed E-state index contributed by atoms with van der Waals surface area (Å²) in [7, 11) is 7.08. The number of amides is 10. The molecule has 5 N–H and O–H groups in total. The van der Waals surface area contributed by atoms with Gasteiger partial charge in [-0.15, -0.1) is 0 Å². The lowest BCUT2D eigenvalue weighted by Gasteiger charge is -2.46. The van der Waals surface area contributed by atoms with Crippen molar-refractivity contribution >= 4 is 114 Å². The van der Waals surface area contributed by atoms with E-state index in [1.54, 1.807) is 78.9 Å². The Morgan fingerprint density at radius 2 is 0.517 bits per heavy atom. The third kappa shape index (κ3) is 14.2. The predicted octanol–water partition coefficient (Wildman–Crippen LogP) is 11.1. The molecule has 0 bridgehead atoms. The maximum Gasteiger partial charge on any atom is 0.245 e. The van der Waals surface area contributed by atoms with Gasteiger partial charge in [-0.2, -0.15) is 0 Å². The first kappa shape index (κ1) is 59.4. The monoisotopic (exact) mass is 1980 g/mol. The molecule has 5 saturated heterocycles. The SMILES string of the molecule is [2H]C1([2H])Oc2ccc(C3c4[nH]c5ccccc5c4C([2H])([2H])[C@@H]4C(=O)N(C)CC(=O)N34)cc2O1.[2H]c1c([2H])c(C2c3[nH]c4c([2H])c([2H])c([2H])c([2H])c4c3C([2H])([2H])[C@@H]3C(=O)N(C)CC(=O)N23)c([2H])c2c1OCO2.[2H]c1c([2H])c(C2c3[nH]c4ccccc4c3C([2H])([2H])[C@@H]3C(=O)N(C)CC(=O)N23)c([2H])c2c1OC([2H])([2H])O2.[2H]c1c([2H])c(C2c3[nH]c4ccccc4c3C([2H])([2H])[C@@H]3C(=O)N(C)CC(=O)N23)c([2H])c2c1OCO2.[2H]c1c([2H])c([2H])c2c3c([nH]c2c1[2H])C(c1ccc2c(c1)OC([2H])([2H])O2)N1C(=O)CN(C)C(=O)[C@H]1C3([2H])[2H]. The van der Waals surface area contributed by atoms with Gasteiger partial charge in [0.25, 0.3) is 0 Å². The van der Waals surface area contributed by atoms with Crippen LogP contribution in [0.3, 0.4) is 0 Å². The molecule has 730 valence electrons. The minimum atomic E-state index is -2.66. The molecule has 0 radical (unpaired) electrons. The van der Waals surface area contributed by atoms with Gasteiger partial charge in [0.15, 0.2) is 57.5 Å². The molecule has 35 nitrogen and oxygen atoms in total. The Hall–Kier alpha value is -17.4. The molecule has 15 aliphatic heterocycles. The number of aromatic nitrogens is 5. The molecule has 5 fully saturated rings. The van der Waals surface area contributed by atoms with E-state index in [0.29, 0.717) is 55.1 Å². The number of ether oxygens (including phenoxy) is 10. The molecule has 30 rings (SSSR count). The second kappa shape index (κ2) is 33.9. The number of hydrogen-bond acceptors (Lipinski definition) is 20. The van der Waals surface area contributed by atoms with Gasteiger partial charge in [0.1, 0.15) is 38.4 Å². The normalized spacial score (nSPS) is 28.8. The quantitative estimate of drug-likeness (QED) is 0.107. The largest absolute Gasteiger partial charge is 0.454 e. The molecule has 10 aromatic carbocycles. The Morgan fingerprint density at radius 1 is 0.262 bits per heavy atom. The van der Waals surface area contributed by atoms with Gasteiger partial charge in [-0.1, -0.05) is 121 Å². The zero-order valence-corrected chi connectivity index (χ0v) is 76.3. The van der Waals surface area contributed by atoms with Crippen LogP contribution in [0.1, 0.15) is 160 Å². The molecule has 5 unspecified atom stereocenters. The van der Waals surface area contributed by atoms with E-state index in [0.717, 1.165) is 34.3 Å². The van der Waals surface area contributed by atoms with Crippen molar-refractivity contribution in [1.82, 2.24) is 73.9 Å². The number of carbonyl (C=O) groups excluding carboxylic acids is 10. The second-order valence-corrected chi connectivity index (χ2v) is 35.9. The summed E-state index contributed by atoms with van der Waals surface area (Å²) in [6.45, 7) is -9.33. The smallest absolute Gasteiger partial charge is 0.245 e. The van der Waals surface area contributed by atoms with Crippen molar-refractivity contribution < 1.29 is 141 Å². The highest BCUT2D eigenvalue weighted by atomic mass is 16.7. The first-order chi connectivity index (χ1) is 83.6. The van der Waals surface area contributed by atoms with Gasteiger partial charge in [-0.05, 0) is 146 Å². The van der Waals surface area contributed by atoms with E-state index in [2.05, 4.69) is 24.9 Å². The summed E-state index contributed by atoms with van der Waals surface area (Å²) in [6.07, 6.45) is -11.9. The summed E-state index contributed by atoms with van der Waals surface area (Å²) in [5.74, 6) is -6.35. The summed E-state index contributed by atoms with van der Waals surface area (Å²) in [5.41, 5.74) is 3.25. The Bertz CT molecular complexity index is 10000. The number of carbonyl (C=O) groups is 10. The van der Waals surface area contributed by atoms with Crippen LogP contribution in [0, 0.1) is 0 Å². The van der Waals surface area contributed by atoms with E-state index in [1.807, 2.05) is 12.1 Å². The van der Waals surface area contributed by atoms with Gasteiger partial charge in [0.05, 0.1) is 86.2 Å². The van der Waals surface area contributed by atoms with Crippen LogP contribution in [-0.2, 0) is 79.8 Å². The highest BCUT2D eigenvalue weighted by Crippen LogP contribution is 2.53. The van der Waals surface area contributed by atoms with Crippen molar-refractivity contribution in [3.8, 4) is 57.5 Å². The summed E-state index contributed by atoms with van der Waals surface area (Å²) in [5, 5.41) is 1.38. The molecule has 10 amide bonds. The topological polar surface area (TPSA) is 374 Å². The van der Waals surface area contributed by atoms with Crippen molar-refractivity contribution in [2.45, 2.75) is 92.3 Å². The van der Waals surface area contributed by atoms with Crippen LogP contribution in [-0.4, -0.2) is 265 Å². The Kier molecular flexibility index (Phi) is 13.9. The van der Waals surface area contributed by atoms with Crippen molar-refractivity contribution in [3.63, 3.8) is 0 Å². The lowest BCUT2D eigenvalue weighted by atomic mass is 9.86. The summed E-state index contributed by atoms with van der Waals surface area (Å²) in [4.78, 5) is 160. The van der Waals surface area contributed by atoms with Crippen LogP contribution < -0.4 is 47.4 Å². The number of H-pyrrole nitrogens is 5. The fraction of sp³-hybridized carbons (Fsp3) is 0.273. The molecular formula is C110H95N15O20. The molecule has 0 spiro atoms. The standard InChI is InChI=1S/5C22H19N3O4/c5*1-24-10-19(26)25-16(22(24)27)9-14-13-4-2-3-5-15(13)23-20(14)21(25)12-6-7-17-18(8-12)29-11-28-17/h5*2-8,16,21,23H,9-11H2,1H3/t5*16-,21?/m11111/s1/i2D,3D,4D,5D,6D,7D,8D,9D2;2D,3D,4D,5D,9D2,11D2;6D,7D,8D,9D2,11D2;6D,7D,8D,9D2;9D2,11D2. The van der Waals surface area contributed by atoms with Crippen molar-refractivity contribution in [3.05, 3.63) is 296 Å². The third-order valence-electron chi connectivity index (χ3n) is 27.4. The van der Waals surface area contributed by atoms with E-state index in [4.69, 9.17) is 92.6 Å². The number of benzene rings is 10. The fourth-order valence-electron chi connectivity index (χ4n) is 20.8. The number of likely N-dealkylation sites (N-methyl/N-ethyl adjacent to an activating group) is 5. The number of aromatic amines is 5. The molecule has 15 aliphatic rings. The molecule has 20 heterocycles. The van der Waals surface area contributed by atoms with Crippen LogP contribution in [0.25, 0.3) is 54.5 Å². The zero-order valence-electron chi connectivity index (χ0n) is 109. The maximum absolute atomic E-state index is 13.5. The van der Waals surface area contributed by atoms with Gasteiger partial charge in [-0.3, -0.25) is 47.9 Å². The lowest BCUT2D eigenvalue weighted by molar-refractivity contribution is -0.157. The highest BCUT2D eigenvalue weighted by molar-refractivity contribution is 6.03. The van der Waals surface area contributed by atoms with E-state index < -0.39 is 268 Å². The van der Waals surface area contributed by atoms with Crippen LogP contribution in [0.2, 0.25) is 0 Å². The van der Waals surface area contributed by atoms with E-state index in [9.17, 15) is 47.9 Å². The average molecular weight is 1980 g/mol. The summed E-state index contributed by atoms with van der Waals surface area (Å²) < 4.78 is 333. The predicted molar refractivity (Wildman–Crippen MR) is 523 cm³/mol. The van der Waals surface area contributed by atoms with Crippen molar-refractivity contribution in [2.75, 3.05) is 102 Å². The molecular weight excluding hydrogens is 1850 g/mol. The number of fused-ring (bicyclic) bond motifs is 25. The van der Waals surface area contributed by atoms with Gasteiger partial charge >= 0.3 is 0 Å². The first-order valence-electron chi connectivity index (χ1n) is 61.8. The first-order valence-corrected chi connectivity index (χ1v) is 45.3. The lowest BCUT2D eigenvalue weighted by Crippen LogP contribution is -2.62. The molecule has 10 atom stereocenters. The molecule has 0 saturated carbocycles. The second-order valence-electron chi connectivity index (χ2n) is 35.9. The Morgan fingerprint density at radius 3 is 0.848 bits per heavy atom. The molecule has 15 aromatic rings. The summed E-state index contributed by atoms with van der Waals surface area (Å²) in [6, 6.07) is 8.73. The van der Waals surface area contributed by atoms with Gasteiger partial charge in [0.2, 0.25) is 92.9 Å². The minimum Gasteiger partial charge on any atom is -0.454 e. The Balaban J connectivity index is 0.000000107. The van der Waals surface area contributed by atoms with Crippen LogP contribution in [0.15, 0.2) is 212 Å². The van der Waals surface area contributed by atoms with Crippen LogP contribution in [0.4, 0.5) is 0 Å². The number of hydrogen-bond donors (Lipinski definition) is 5. The molecule has 0 aliphatic carbocycles. The van der Waals surface area contributed by atoms with Gasteiger partial charge in [-0.25, -0.2) is 0 Å². The Labute approximate surface area is 873 Å². The third-order valence-corrected chi connectivity index (χ3v) is 27.4. The fourth-order valence-corrected chi connectivity index (χ4v) is 20.8. The minimum absolute atomic E-state index is 0.00769. The molecule has 5 aromatic heterocycles.